The third-order valence-corrected chi connectivity index (χ3v) is 5.98. The van der Waals surface area contributed by atoms with Crippen LogP contribution in [0.3, 0.4) is 0 Å². The molecule has 1 saturated heterocycles. The molecule has 7 heteroatoms. The molecule has 2 aromatic rings. The van der Waals surface area contributed by atoms with Gasteiger partial charge in [-0.25, -0.2) is 4.39 Å². The molecule has 6 nitrogen and oxygen atoms in total. The lowest BCUT2D eigenvalue weighted by atomic mass is 9.83. The predicted molar refractivity (Wildman–Crippen MR) is 123 cm³/mol. The first-order valence-electron chi connectivity index (χ1n) is 11.2. The van der Waals surface area contributed by atoms with E-state index in [0.29, 0.717) is 39.1 Å². The number of methoxy groups -OCH3 is 1. The lowest BCUT2D eigenvalue weighted by Crippen LogP contribution is -2.49. The Kier molecular flexibility index (Phi) is 8.62. The van der Waals surface area contributed by atoms with E-state index >= 15 is 0 Å². The van der Waals surface area contributed by atoms with Gasteiger partial charge >= 0.3 is 0 Å². The number of anilines is 1. The molecule has 1 N–H and O–H groups in total. The smallest absolute Gasteiger partial charge is 0.225 e. The van der Waals surface area contributed by atoms with Gasteiger partial charge in [-0.1, -0.05) is 30.3 Å². The molecule has 0 radical (unpaired) electrons. The number of carbonyl (C=O) groups is 2. The zero-order valence-electron chi connectivity index (χ0n) is 18.8. The van der Waals surface area contributed by atoms with Crippen LogP contribution < -0.4 is 10.2 Å². The molecule has 0 unspecified atom stereocenters. The first-order valence-corrected chi connectivity index (χ1v) is 11.2. The average molecular weight is 442 g/mol. The summed E-state index contributed by atoms with van der Waals surface area (Å²) in [6, 6.07) is 15.7. The Labute approximate surface area is 189 Å². The minimum Gasteiger partial charge on any atom is -0.383 e. The van der Waals surface area contributed by atoms with Gasteiger partial charge in [0.05, 0.1) is 18.6 Å². The SMILES string of the molecule is CCN(CCNC(=O)[C@@H]1CCC(=O)N(CCOC)[C@H]1c1ccc(F)cc1)c1ccccc1. The van der Waals surface area contributed by atoms with Crippen molar-refractivity contribution in [2.75, 3.05) is 44.8 Å². The van der Waals surface area contributed by atoms with Gasteiger partial charge in [-0.2, -0.15) is 0 Å². The molecule has 1 heterocycles. The number of halogens is 1. The quantitative estimate of drug-likeness (QED) is 0.614. The molecule has 2 aromatic carbocycles. The van der Waals surface area contributed by atoms with Crippen molar-refractivity contribution >= 4 is 17.5 Å². The molecule has 172 valence electrons. The Balaban J connectivity index is 1.71. The molecule has 2 atom stereocenters. The molecule has 0 saturated carbocycles. The number of para-hydroxylation sites is 1. The molecule has 0 spiro atoms. The third kappa shape index (κ3) is 5.85. The highest BCUT2D eigenvalue weighted by atomic mass is 19.1. The van der Waals surface area contributed by atoms with E-state index in [-0.39, 0.29) is 17.6 Å². The van der Waals surface area contributed by atoms with Gasteiger partial charge in [0.15, 0.2) is 0 Å². The molecule has 0 bridgehead atoms. The van der Waals surface area contributed by atoms with Crippen LogP contribution in [0.25, 0.3) is 0 Å². The van der Waals surface area contributed by atoms with Gasteiger partial charge in [0.1, 0.15) is 5.82 Å². The van der Waals surface area contributed by atoms with Crippen LogP contribution in [0, 0.1) is 11.7 Å². The second-order valence-corrected chi connectivity index (χ2v) is 7.93. The predicted octanol–water partition coefficient (Wildman–Crippen LogP) is 3.39. The Hall–Kier alpha value is -2.93. The van der Waals surface area contributed by atoms with Crippen molar-refractivity contribution in [3.05, 3.63) is 66.0 Å². The van der Waals surface area contributed by atoms with E-state index in [1.807, 2.05) is 18.2 Å². The van der Waals surface area contributed by atoms with Crippen LogP contribution >= 0.6 is 0 Å². The van der Waals surface area contributed by atoms with Crippen molar-refractivity contribution in [2.24, 2.45) is 5.92 Å². The molecular formula is C25H32FN3O3. The Morgan fingerprint density at radius 1 is 1.19 bits per heavy atom. The molecule has 0 aliphatic carbocycles. The summed E-state index contributed by atoms with van der Waals surface area (Å²) in [5.41, 5.74) is 1.87. The van der Waals surface area contributed by atoms with Crippen LogP contribution in [0.2, 0.25) is 0 Å². The Morgan fingerprint density at radius 2 is 1.91 bits per heavy atom. The van der Waals surface area contributed by atoms with Gasteiger partial charge in [0, 0.05) is 45.4 Å². The number of nitrogens with one attached hydrogen (secondary N) is 1. The standard InChI is InChI=1S/C25H32FN3O3/c1-3-28(21-7-5-4-6-8-21)16-15-27-25(31)22-13-14-23(30)29(17-18-32-2)24(22)19-9-11-20(26)12-10-19/h4-12,22,24H,3,13-18H2,1-2H3,(H,27,31)/t22-,24+/m1/s1. The number of piperidine rings is 1. The lowest BCUT2D eigenvalue weighted by molar-refractivity contribution is -0.144. The Morgan fingerprint density at radius 3 is 2.56 bits per heavy atom. The number of hydrogen-bond donors (Lipinski definition) is 1. The van der Waals surface area contributed by atoms with Crippen LogP contribution in [0.15, 0.2) is 54.6 Å². The van der Waals surface area contributed by atoms with Crippen LogP contribution in [0.4, 0.5) is 10.1 Å². The fourth-order valence-corrected chi connectivity index (χ4v) is 4.31. The minimum absolute atomic E-state index is 0.0124. The number of hydrogen-bond acceptors (Lipinski definition) is 4. The lowest BCUT2D eigenvalue weighted by Gasteiger charge is -2.41. The number of amides is 2. The number of nitrogens with zero attached hydrogens (tertiary/aromatic N) is 2. The molecule has 3 rings (SSSR count). The zero-order valence-corrected chi connectivity index (χ0v) is 18.8. The molecule has 32 heavy (non-hydrogen) atoms. The van der Waals surface area contributed by atoms with Crippen molar-refractivity contribution in [1.29, 1.82) is 0 Å². The first-order chi connectivity index (χ1) is 15.5. The molecule has 0 aromatic heterocycles. The van der Waals surface area contributed by atoms with Gasteiger partial charge in [-0.3, -0.25) is 9.59 Å². The second kappa shape index (κ2) is 11.6. The molecule has 2 amide bonds. The maximum Gasteiger partial charge on any atom is 0.225 e. The summed E-state index contributed by atoms with van der Waals surface area (Å²) < 4.78 is 18.7. The largest absolute Gasteiger partial charge is 0.383 e. The second-order valence-electron chi connectivity index (χ2n) is 7.93. The van der Waals surface area contributed by atoms with Crippen molar-refractivity contribution in [3.63, 3.8) is 0 Å². The van der Waals surface area contributed by atoms with Crippen LogP contribution in [0.1, 0.15) is 31.4 Å². The van der Waals surface area contributed by atoms with E-state index in [9.17, 15) is 14.0 Å². The van der Waals surface area contributed by atoms with Crippen molar-refractivity contribution < 1.29 is 18.7 Å². The van der Waals surface area contributed by atoms with E-state index in [1.165, 1.54) is 12.1 Å². The molecular weight excluding hydrogens is 409 g/mol. The van der Waals surface area contributed by atoms with Gasteiger partial charge in [-0.15, -0.1) is 0 Å². The van der Waals surface area contributed by atoms with E-state index in [1.54, 1.807) is 24.1 Å². The minimum atomic E-state index is -0.441. The summed E-state index contributed by atoms with van der Waals surface area (Å²) in [5.74, 6) is -0.845. The fraction of sp³-hybridized carbons (Fsp3) is 0.440. The van der Waals surface area contributed by atoms with Crippen LogP contribution in [-0.4, -0.2) is 56.6 Å². The van der Waals surface area contributed by atoms with Gasteiger partial charge < -0.3 is 19.9 Å². The Bertz CT molecular complexity index is 876. The zero-order chi connectivity index (χ0) is 22.9. The van der Waals surface area contributed by atoms with E-state index in [0.717, 1.165) is 17.8 Å². The summed E-state index contributed by atoms with van der Waals surface area (Å²) in [4.78, 5) is 29.8. The molecule has 1 fully saturated rings. The van der Waals surface area contributed by atoms with Crippen LogP contribution in [-0.2, 0) is 14.3 Å². The number of likely N-dealkylation sites (tertiary alicyclic amines) is 1. The highest BCUT2D eigenvalue weighted by Crippen LogP contribution is 2.37. The summed E-state index contributed by atoms with van der Waals surface area (Å²) in [7, 11) is 1.58. The average Bonchev–Trinajstić information content (AvgIpc) is 2.82. The highest BCUT2D eigenvalue weighted by molar-refractivity contribution is 5.85. The summed E-state index contributed by atoms with van der Waals surface area (Å²) >= 11 is 0. The van der Waals surface area contributed by atoms with Crippen molar-refractivity contribution in [1.82, 2.24) is 10.2 Å². The monoisotopic (exact) mass is 441 g/mol. The van der Waals surface area contributed by atoms with Crippen LogP contribution in [0.5, 0.6) is 0 Å². The summed E-state index contributed by atoms with van der Waals surface area (Å²) in [6.45, 7) is 4.87. The maximum absolute atomic E-state index is 13.5. The van der Waals surface area contributed by atoms with E-state index < -0.39 is 12.0 Å². The van der Waals surface area contributed by atoms with Crippen molar-refractivity contribution in [3.8, 4) is 0 Å². The topological polar surface area (TPSA) is 61.9 Å². The number of benzene rings is 2. The number of ether oxygens (including phenoxy) is 1. The van der Waals surface area contributed by atoms with Gasteiger partial charge in [0.2, 0.25) is 11.8 Å². The number of likely N-dealkylation sites (N-methyl/N-ethyl adjacent to an activating group) is 1. The maximum atomic E-state index is 13.5. The highest BCUT2D eigenvalue weighted by Gasteiger charge is 2.40. The number of carbonyl (C=O) groups excluding carboxylic acids is 2. The summed E-state index contributed by atoms with van der Waals surface area (Å²) in [5, 5.41) is 3.07. The third-order valence-electron chi connectivity index (χ3n) is 5.98. The summed E-state index contributed by atoms with van der Waals surface area (Å²) in [6.07, 6.45) is 0.775. The number of rotatable bonds is 10. The molecule has 1 aliphatic rings. The normalized spacial score (nSPS) is 18.5. The first kappa shape index (κ1) is 23.7. The fourth-order valence-electron chi connectivity index (χ4n) is 4.31. The van der Waals surface area contributed by atoms with Gasteiger partial charge in [-0.05, 0) is 43.2 Å². The molecule has 1 aliphatic heterocycles. The van der Waals surface area contributed by atoms with E-state index in [2.05, 4.69) is 29.3 Å². The van der Waals surface area contributed by atoms with E-state index in [4.69, 9.17) is 4.74 Å². The van der Waals surface area contributed by atoms with Crippen molar-refractivity contribution in [2.45, 2.75) is 25.8 Å². The van der Waals surface area contributed by atoms with Gasteiger partial charge in [0.25, 0.3) is 0 Å².